The Morgan fingerprint density at radius 3 is 2.62 bits per heavy atom. The molecule has 0 aromatic heterocycles. The second-order valence-corrected chi connectivity index (χ2v) is 10.6. The van der Waals surface area contributed by atoms with Crippen molar-refractivity contribution < 1.29 is 14.3 Å². The molecule has 0 radical (unpaired) electrons. The molecule has 2 heterocycles. The van der Waals surface area contributed by atoms with Crippen LogP contribution in [0.15, 0.2) is 46.9 Å². The molecule has 2 aliphatic heterocycles. The summed E-state index contributed by atoms with van der Waals surface area (Å²) in [5.74, 6) is 1.88. The van der Waals surface area contributed by atoms with Crippen molar-refractivity contribution in [2.45, 2.75) is 39.3 Å². The van der Waals surface area contributed by atoms with Crippen molar-refractivity contribution in [3.8, 4) is 5.75 Å². The fourth-order valence-electron chi connectivity index (χ4n) is 5.46. The number of hydrogen-bond donors (Lipinski definition) is 1. The van der Waals surface area contributed by atoms with Crippen molar-refractivity contribution in [1.29, 1.82) is 0 Å². The predicted molar refractivity (Wildman–Crippen MR) is 137 cm³/mol. The van der Waals surface area contributed by atoms with E-state index in [1.54, 1.807) is 18.1 Å². The van der Waals surface area contributed by atoms with Crippen molar-refractivity contribution in [2.24, 2.45) is 11.8 Å². The molecule has 7 heteroatoms. The van der Waals surface area contributed by atoms with E-state index in [1.807, 2.05) is 36.4 Å². The molecule has 1 saturated heterocycles. The number of carbonyl (C=O) groups is 2. The van der Waals surface area contributed by atoms with E-state index in [9.17, 15) is 9.59 Å². The summed E-state index contributed by atoms with van der Waals surface area (Å²) < 4.78 is 6.40. The number of nitrogens with one attached hydrogen (secondary N) is 1. The smallest absolute Gasteiger partial charge is 0.255 e. The Morgan fingerprint density at radius 2 is 1.88 bits per heavy atom. The van der Waals surface area contributed by atoms with Gasteiger partial charge in [-0.1, -0.05) is 48.0 Å². The number of ether oxygens (including phenoxy) is 1. The van der Waals surface area contributed by atoms with E-state index in [1.165, 1.54) is 6.42 Å². The van der Waals surface area contributed by atoms with Gasteiger partial charge in [0.2, 0.25) is 5.91 Å². The van der Waals surface area contributed by atoms with Gasteiger partial charge in [0.05, 0.1) is 13.7 Å². The van der Waals surface area contributed by atoms with Gasteiger partial charge in [0.25, 0.3) is 5.91 Å². The largest absolute Gasteiger partial charge is 0.496 e. The van der Waals surface area contributed by atoms with Gasteiger partial charge in [0.1, 0.15) is 11.8 Å². The quantitative estimate of drug-likeness (QED) is 0.508. The molecule has 0 aliphatic carbocycles. The summed E-state index contributed by atoms with van der Waals surface area (Å²) in [7, 11) is 1.61. The number of nitrogens with zero attached hydrogens (tertiary/aromatic N) is 2. The molecule has 1 fully saturated rings. The van der Waals surface area contributed by atoms with Crippen LogP contribution in [0.5, 0.6) is 5.75 Å². The molecule has 182 valence electrons. The van der Waals surface area contributed by atoms with Crippen LogP contribution in [0.1, 0.15) is 54.2 Å². The van der Waals surface area contributed by atoms with Gasteiger partial charge in [0, 0.05) is 35.2 Å². The molecular formula is C27H34BrN3O3. The summed E-state index contributed by atoms with van der Waals surface area (Å²) in [6, 6.07) is 12.5. The van der Waals surface area contributed by atoms with Crippen molar-refractivity contribution in [1.82, 2.24) is 15.1 Å². The number of methoxy groups -OCH3 is 1. The average Bonchev–Trinajstić information content (AvgIpc) is 3.08. The number of amides is 2. The third kappa shape index (κ3) is 5.47. The third-order valence-corrected chi connectivity index (χ3v) is 7.28. The summed E-state index contributed by atoms with van der Waals surface area (Å²) in [6.07, 6.45) is 2.19. The highest BCUT2D eigenvalue weighted by molar-refractivity contribution is 9.10. The topological polar surface area (TPSA) is 61.9 Å². The van der Waals surface area contributed by atoms with Crippen LogP contribution >= 0.6 is 15.9 Å². The highest BCUT2D eigenvalue weighted by Crippen LogP contribution is 2.36. The van der Waals surface area contributed by atoms with Gasteiger partial charge in [-0.2, -0.15) is 0 Å². The lowest BCUT2D eigenvalue weighted by atomic mass is 9.92. The average molecular weight is 528 g/mol. The van der Waals surface area contributed by atoms with Crippen LogP contribution in [0.3, 0.4) is 0 Å². The van der Waals surface area contributed by atoms with Gasteiger partial charge < -0.3 is 19.9 Å². The lowest BCUT2D eigenvalue weighted by molar-refractivity contribution is -0.125. The first-order valence-electron chi connectivity index (χ1n) is 12.1. The van der Waals surface area contributed by atoms with Gasteiger partial charge in [-0.05, 0) is 61.1 Å². The van der Waals surface area contributed by atoms with Crippen molar-refractivity contribution >= 4 is 27.7 Å². The Balaban J connectivity index is 1.45. The van der Waals surface area contributed by atoms with Gasteiger partial charge in [-0.15, -0.1) is 0 Å². The summed E-state index contributed by atoms with van der Waals surface area (Å²) in [5.41, 5.74) is 2.20. The van der Waals surface area contributed by atoms with Crippen molar-refractivity contribution in [3.63, 3.8) is 0 Å². The Morgan fingerprint density at radius 1 is 1.15 bits per heavy atom. The minimum Gasteiger partial charge on any atom is -0.496 e. The number of piperidine rings is 1. The van der Waals surface area contributed by atoms with Crippen molar-refractivity contribution in [2.75, 3.05) is 33.3 Å². The maximum absolute atomic E-state index is 13.4. The molecule has 2 aliphatic rings. The lowest BCUT2D eigenvalue weighted by Crippen LogP contribution is -2.41. The fraction of sp³-hybridized carbons (Fsp3) is 0.481. The van der Waals surface area contributed by atoms with E-state index in [0.717, 1.165) is 53.5 Å². The number of carbonyl (C=O) groups excluding carboxylic acids is 2. The Bertz CT molecular complexity index is 1030. The Kier molecular flexibility index (Phi) is 7.94. The number of benzene rings is 2. The molecule has 0 spiro atoms. The Hall–Kier alpha value is -2.38. The van der Waals surface area contributed by atoms with Crippen molar-refractivity contribution in [3.05, 3.63) is 63.6 Å². The van der Waals surface area contributed by atoms with Crippen LogP contribution in [-0.2, 0) is 11.3 Å². The molecule has 2 aromatic rings. The maximum atomic E-state index is 13.4. The van der Waals surface area contributed by atoms with E-state index >= 15 is 0 Å². The molecule has 6 nitrogen and oxygen atoms in total. The van der Waals surface area contributed by atoms with Crippen LogP contribution < -0.4 is 10.1 Å². The van der Waals surface area contributed by atoms with E-state index in [4.69, 9.17) is 4.74 Å². The standard InChI is InChI=1S/C27H34BrN3O3/c1-18-13-19(2)16-30(15-18)12-6-11-29-26(32)25-22-7-4-5-8-23(22)27(33)31(25)17-20-14-21(28)9-10-24(20)34-3/h4-5,7-10,14,18-19,25H,6,11-13,15-17H2,1-3H3,(H,29,32)/t18-,19-,25+/m0/s1. The zero-order chi connectivity index (χ0) is 24.2. The number of likely N-dealkylation sites (tertiary alicyclic amines) is 1. The first-order chi connectivity index (χ1) is 16.4. The molecule has 34 heavy (non-hydrogen) atoms. The van der Waals surface area contributed by atoms with Crippen LogP contribution in [-0.4, -0.2) is 54.9 Å². The number of hydrogen-bond acceptors (Lipinski definition) is 4. The second-order valence-electron chi connectivity index (χ2n) is 9.73. The van der Waals surface area contributed by atoms with Gasteiger partial charge >= 0.3 is 0 Å². The first kappa shape index (κ1) is 24.7. The molecule has 0 unspecified atom stereocenters. The minimum absolute atomic E-state index is 0.130. The molecule has 4 rings (SSSR count). The molecule has 2 aromatic carbocycles. The monoisotopic (exact) mass is 527 g/mol. The number of rotatable bonds is 8. The summed E-state index contributed by atoms with van der Waals surface area (Å²) in [4.78, 5) is 30.8. The van der Waals surface area contributed by atoms with Gasteiger partial charge in [-0.3, -0.25) is 9.59 Å². The van der Waals surface area contributed by atoms with E-state index in [2.05, 4.69) is 40.0 Å². The van der Waals surface area contributed by atoms with Crippen LogP contribution in [0, 0.1) is 11.8 Å². The molecular weight excluding hydrogens is 494 g/mol. The van der Waals surface area contributed by atoms with Crippen LogP contribution in [0.25, 0.3) is 0 Å². The molecule has 3 atom stereocenters. The van der Waals surface area contributed by atoms with E-state index < -0.39 is 6.04 Å². The maximum Gasteiger partial charge on any atom is 0.255 e. The van der Waals surface area contributed by atoms with Gasteiger partial charge in [-0.25, -0.2) is 0 Å². The lowest BCUT2D eigenvalue weighted by Gasteiger charge is -2.35. The summed E-state index contributed by atoms with van der Waals surface area (Å²) in [6.45, 7) is 8.75. The summed E-state index contributed by atoms with van der Waals surface area (Å²) >= 11 is 3.50. The van der Waals surface area contributed by atoms with E-state index in [-0.39, 0.29) is 18.4 Å². The van der Waals surface area contributed by atoms with Crippen LogP contribution in [0.2, 0.25) is 0 Å². The van der Waals surface area contributed by atoms with Gasteiger partial charge in [0.15, 0.2) is 0 Å². The zero-order valence-electron chi connectivity index (χ0n) is 20.2. The van der Waals surface area contributed by atoms with E-state index in [0.29, 0.717) is 17.9 Å². The zero-order valence-corrected chi connectivity index (χ0v) is 21.8. The molecule has 2 amide bonds. The SMILES string of the molecule is COc1ccc(Br)cc1CN1C(=O)c2ccccc2[C@@H]1C(=O)NCCCN1C[C@@H](C)C[C@H](C)C1. The highest BCUT2D eigenvalue weighted by Gasteiger charge is 2.41. The van der Waals surface area contributed by atoms with Crippen LogP contribution in [0.4, 0.5) is 0 Å². The Labute approximate surface area is 210 Å². The molecule has 0 saturated carbocycles. The fourth-order valence-corrected chi connectivity index (χ4v) is 5.86. The summed E-state index contributed by atoms with van der Waals surface area (Å²) in [5, 5.41) is 3.10. The third-order valence-electron chi connectivity index (χ3n) is 6.78. The minimum atomic E-state index is -0.651. The first-order valence-corrected chi connectivity index (χ1v) is 12.9. The normalized spacial score (nSPS) is 22.5. The second kappa shape index (κ2) is 10.9. The molecule has 1 N–H and O–H groups in total. The number of halogens is 1. The number of fused-ring (bicyclic) bond motifs is 1. The predicted octanol–water partition coefficient (Wildman–Crippen LogP) is 4.64. The highest BCUT2D eigenvalue weighted by atomic mass is 79.9. The molecule has 0 bridgehead atoms.